The molecule has 0 aliphatic carbocycles. The first-order valence-electron chi connectivity index (χ1n) is 9.73. The van der Waals surface area contributed by atoms with Crippen molar-refractivity contribution in [2.45, 2.75) is 50.2 Å². The van der Waals surface area contributed by atoms with Crippen molar-refractivity contribution in [1.29, 1.82) is 0 Å². The predicted molar refractivity (Wildman–Crippen MR) is 101 cm³/mol. The quantitative estimate of drug-likeness (QED) is 0.887. The average molecular weight is 345 g/mol. The molecule has 0 aromatic heterocycles. The first-order valence-corrected chi connectivity index (χ1v) is 9.73. The van der Waals surface area contributed by atoms with Gasteiger partial charge in [-0.05, 0) is 45.2 Å². The number of hydrogen-bond acceptors (Lipinski definition) is 5. The number of nitrogens with one attached hydrogen (secondary N) is 1. The molecule has 5 nitrogen and oxygen atoms in total. The molecule has 3 saturated heterocycles. The first kappa shape index (κ1) is 17.0. The van der Waals surface area contributed by atoms with Gasteiger partial charge < -0.3 is 24.6 Å². The van der Waals surface area contributed by atoms with Crippen molar-refractivity contribution in [1.82, 2.24) is 10.2 Å². The number of anilines is 1. The summed E-state index contributed by atoms with van der Waals surface area (Å²) in [6.45, 7) is 4.77. The molecule has 1 aromatic rings. The Morgan fingerprint density at radius 3 is 2.44 bits per heavy atom. The molecule has 1 N–H and O–H groups in total. The van der Waals surface area contributed by atoms with Crippen LogP contribution in [0.15, 0.2) is 18.2 Å². The summed E-state index contributed by atoms with van der Waals surface area (Å²) < 4.78 is 10.8. The normalized spacial score (nSPS) is 29.7. The topological polar surface area (TPSA) is 37.0 Å². The van der Waals surface area contributed by atoms with Gasteiger partial charge in [-0.25, -0.2) is 0 Å². The molecule has 3 aliphatic heterocycles. The van der Waals surface area contributed by atoms with E-state index in [0.717, 1.165) is 30.6 Å². The van der Waals surface area contributed by atoms with Gasteiger partial charge in [-0.2, -0.15) is 0 Å². The number of methoxy groups -OCH3 is 2. The van der Waals surface area contributed by atoms with E-state index in [1.54, 1.807) is 14.2 Å². The molecule has 5 heteroatoms. The van der Waals surface area contributed by atoms with Gasteiger partial charge in [-0.15, -0.1) is 0 Å². The Kier molecular flexibility index (Phi) is 5.04. The molecule has 0 saturated carbocycles. The fourth-order valence-electron chi connectivity index (χ4n) is 4.81. The van der Waals surface area contributed by atoms with Gasteiger partial charge >= 0.3 is 0 Å². The van der Waals surface area contributed by atoms with Crippen LogP contribution in [0.2, 0.25) is 0 Å². The first-order chi connectivity index (χ1) is 12.2. The Morgan fingerprint density at radius 2 is 1.68 bits per heavy atom. The molecule has 0 unspecified atom stereocenters. The van der Waals surface area contributed by atoms with E-state index in [1.807, 2.05) is 6.07 Å². The maximum absolute atomic E-state index is 5.42. The maximum Gasteiger partial charge on any atom is 0.124 e. The molecule has 3 heterocycles. The summed E-state index contributed by atoms with van der Waals surface area (Å²) in [4.78, 5) is 5.15. The highest BCUT2D eigenvalue weighted by atomic mass is 16.5. The molecule has 4 rings (SSSR count). The van der Waals surface area contributed by atoms with Crippen LogP contribution in [0.5, 0.6) is 11.5 Å². The lowest BCUT2D eigenvalue weighted by Crippen LogP contribution is -2.49. The summed E-state index contributed by atoms with van der Waals surface area (Å²) >= 11 is 0. The summed E-state index contributed by atoms with van der Waals surface area (Å²) in [6, 6.07) is 8.29. The minimum Gasteiger partial charge on any atom is -0.497 e. The van der Waals surface area contributed by atoms with E-state index in [1.165, 1.54) is 50.9 Å². The number of nitrogens with zero attached hydrogens (tertiary/aromatic N) is 2. The van der Waals surface area contributed by atoms with Crippen molar-refractivity contribution in [3.05, 3.63) is 18.2 Å². The number of benzene rings is 1. The van der Waals surface area contributed by atoms with E-state index in [4.69, 9.17) is 9.47 Å². The van der Waals surface area contributed by atoms with Gasteiger partial charge in [0.1, 0.15) is 11.5 Å². The molecule has 0 radical (unpaired) electrons. The number of hydrogen-bond donors (Lipinski definition) is 1. The molecule has 138 valence electrons. The lowest BCUT2D eigenvalue weighted by Gasteiger charge is -2.36. The summed E-state index contributed by atoms with van der Waals surface area (Å²) in [6.07, 6.45) is 6.65. The summed E-state index contributed by atoms with van der Waals surface area (Å²) in [5.74, 6) is 1.72. The molecular weight excluding hydrogens is 314 g/mol. The van der Waals surface area contributed by atoms with Crippen LogP contribution in [0.25, 0.3) is 0 Å². The number of ether oxygens (including phenoxy) is 2. The molecule has 3 aliphatic rings. The molecule has 3 fully saturated rings. The van der Waals surface area contributed by atoms with E-state index in [0.29, 0.717) is 12.1 Å². The highest BCUT2D eigenvalue weighted by Crippen LogP contribution is 2.31. The second kappa shape index (κ2) is 7.42. The molecule has 0 spiro atoms. The monoisotopic (exact) mass is 345 g/mol. The van der Waals surface area contributed by atoms with E-state index in [2.05, 4.69) is 27.2 Å². The number of piperidine rings is 1. The third-order valence-electron chi connectivity index (χ3n) is 6.18. The maximum atomic E-state index is 5.42. The van der Waals surface area contributed by atoms with Crippen molar-refractivity contribution in [2.24, 2.45) is 0 Å². The Bertz CT molecular complexity index is 572. The van der Waals surface area contributed by atoms with E-state index < -0.39 is 0 Å². The smallest absolute Gasteiger partial charge is 0.124 e. The van der Waals surface area contributed by atoms with Crippen LogP contribution >= 0.6 is 0 Å². The van der Waals surface area contributed by atoms with Crippen molar-refractivity contribution in [2.75, 3.05) is 45.3 Å². The highest BCUT2D eigenvalue weighted by Gasteiger charge is 2.33. The Balaban J connectivity index is 1.35. The van der Waals surface area contributed by atoms with Crippen LogP contribution < -0.4 is 19.7 Å². The van der Waals surface area contributed by atoms with Gasteiger partial charge in [0.05, 0.1) is 14.2 Å². The molecule has 0 bridgehead atoms. The van der Waals surface area contributed by atoms with E-state index in [-0.39, 0.29) is 0 Å². The SMILES string of the molecule is COc1cc(OC)cc(N2CC[C@H](N[C@@H]3CCN4CCC[C@@H]4C3)C2)c1. The van der Waals surface area contributed by atoms with Gasteiger partial charge in [0.15, 0.2) is 0 Å². The second-order valence-electron chi connectivity index (χ2n) is 7.72. The number of rotatable bonds is 5. The van der Waals surface area contributed by atoms with Crippen LogP contribution in [0, 0.1) is 0 Å². The largest absolute Gasteiger partial charge is 0.497 e. The van der Waals surface area contributed by atoms with Gasteiger partial charge in [0.25, 0.3) is 0 Å². The Hall–Kier alpha value is -1.46. The number of fused-ring (bicyclic) bond motifs is 1. The van der Waals surface area contributed by atoms with Crippen molar-refractivity contribution in [3.8, 4) is 11.5 Å². The van der Waals surface area contributed by atoms with Crippen LogP contribution in [-0.4, -0.2) is 63.4 Å². The van der Waals surface area contributed by atoms with E-state index in [9.17, 15) is 0 Å². The third kappa shape index (κ3) is 3.72. The van der Waals surface area contributed by atoms with Crippen LogP contribution in [0.1, 0.15) is 32.1 Å². The van der Waals surface area contributed by atoms with E-state index >= 15 is 0 Å². The van der Waals surface area contributed by atoms with Gasteiger partial charge in [-0.3, -0.25) is 0 Å². The Morgan fingerprint density at radius 1 is 0.920 bits per heavy atom. The molecule has 1 aromatic carbocycles. The average Bonchev–Trinajstić information content (AvgIpc) is 3.30. The van der Waals surface area contributed by atoms with Crippen LogP contribution in [0.3, 0.4) is 0 Å². The summed E-state index contributed by atoms with van der Waals surface area (Å²) in [7, 11) is 3.42. The minimum atomic E-state index is 0.593. The fraction of sp³-hybridized carbons (Fsp3) is 0.700. The zero-order chi connectivity index (χ0) is 17.2. The standard InChI is InChI=1S/C20H31N3O2/c1-24-19-11-18(12-20(13-19)25-2)23-9-6-16(14-23)21-15-5-8-22-7-3-4-17(22)10-15/h11-13,15-17,21H,3-10,14H2,1-2H3/t15-,16+,17-/m1/s1. The molecule has 0 amide bonds. The summed E-state index contributed by atoms with van der Waals surface area (Å²) in [5, 5.41) is 3.96. The van der Waals surface area contributed by atoms with Gasteiger partial charge in [-0.1, -0.05) is 0 Å². The molecule has 3 atom stereocenters. The minimum absolute atomic E-state index is 0.593. The predicted octanol–water partition coefficient (Wildman–Crippen LogP) is 2.50. The third-order valence-corrected chi connectivity index (χ3v) is 6.18. The fourth-order valence-corrected chi connectivity index (χ4v) is 4.81. The van der Waals surface area contributed by atoms with Crippen molar-refractivity contribution < 1.29 is 9.47 Å². The van der Waals surface area contributed by atoms with Gasteiger partial charge in [0, 0.05) is 55.1 Å². The van der Waals surface area contributed by atoms with Crippen LogP contribution in [-0.2, 0) is 0 Å². The van der Waals surface area contributed by atoms with Crippen molar-refractivity contribution in [3.63, 3.8) is 0 Å². The lowest BCUT2D eigenvalue weighted by atomic mass is 9.97. The second-order valence-corrected chi connectivity index (χ2v) is 7.72. The zero-order valence-electron chi connectivity index (χ0n) is 15.5. The van der Waals surface area contributed by atoms with Crippen LogP contribution in [0.4, 0.5) is 5.69 Å². The van der Waals surface area contributed by atoms with Crippen molar-refractivity contribution >= 4 is 5.69 Å². The summed E-state index contributed by atoms with van der Waals surface area (Å²) in [5.41, 5.74) is 1.20. The lowest BCUT2D eigenvalue weighted by molar-refractivity contribution is 0.162. The molecular formula is C20H31N3O2. The molecule has 25 heavy (non-hydrogen) atoms. The highest BCUT2D eigenvalue weighted by molar-refractivity contribution is 5.56. The Labute approximate surface area is 151 Å². The van der Waals surface area contributed by atoms with Gasteiger partial charge in [0.2, 0.25) is 0 Å². The zero-order valence-corrected chi connectivity index (χ0v) is 15.5.